The second kappa shape index (κ2) is 30.2. The normalized spacial score (nSPS) is 15.9. The zero-order valence-corrected chi connectivity index (χ0v) is 41.5. The Bertz CT molecular complexity index is 1430. The van der Waals surface area contributed by atoms with Crippen LogP contribution in [0.2, 0.25) is 43.8 Å². The number of carbonyl (C=O) groups is 2. The van der Waals surface area contributed by atoms with Crippen molar-refractivity contribution in [2.24, 2.45) is 5.92 Å². The Labute approximate surface area is 362 Å². The zero-order valence-electron chi connectivity index (χ0n) is 39.5. The molecule has 11 heteroatoms. The van der Waals surface area contributed by atoms with Gasteiger partial charge in [-0.15, -0.1) is 13.2 Å². The lowest BCUT2D eigenvalue weighted by Gasteiger charge is -2.40. The smallest absolute Gasteiger partial charge is 0.330 e. The highest BCUT2D eigenvalue weighted by atomic mass is 28.4. The van der Waals surface area contributed by atoms with Gasteiger partial charge in [0.15, 0.2) is 8.32 Å². The summed E-state index contributed by atoms with van der Waals surface area (Å²) in [5.41, 5.74) is 2.94. The highest BCUT2D eigenvalue weighted by Gasteiger charge is 2.40. The predicted molar refractivity (Wildman–Crippen MR) is 252 cm³/mol. The van der Waals surface area contributed by atoms with Crippen LogP contribution in [0.25, 0.3) is 0 Å². The van der Waals surface area contributed by atoms with Crippen LogP contribution in [0, 0.1) is 5.92 Å². The summed E-state index contributed by atoms with van der Waals surface area (Å²) < 4.78 is 35.5. The van der Waals surface area contributed by atoms with Crippen molar-refractivity contribution in [2.45, 2.75) is 162 Å². The second-order valence-electron chi connectivity index (χ2n) is 18.3. The van der Waals surface area contributed by atoms with Crippen LogP contribution in [0.3, 0.4) is 0 Å². The molecular formula is C48H83NO8Si2. The van der Waals surface area contributed by atoms with Crippen molar-refractivity contribution in [3.63, 3.8) is 0 Å². The summed E-state index contributed by atoms with van der Waals surface area (Å²) in [7, 11) is -1.60. The molecule has 0 bridgehead atoms. The summed E-state index contributed by atoms with van der Waals surface area (Å²) in [6.45, 7) is 37.0. The number of unbranched alkanes of at least 4 members (excludes halogenated alkanes) is 1. The maximum Gasteiger partial charge on any atom is 0.330 e. The van der Waals surface area contributed by atoms with Gasteiger partial charge in [0.05, 0.1) is 12.2 Å². The molecule has 0 aromatic heterocycles. The minimum atomic E-state index is -2.07. The Morgan fingerprint density at radius 2 is 1.56 bits per heavy atom. The van der Waals surface area contributed by atoms with Gasteiger partial charge in [0.2, 0.25) is 5.91 Å². The van der Waals surface area contributed by atoms with Crippen LogP contribution in [0.15, 0.2) is 96.8 Å². The van der Waals surface area contributed by atoms with E-state index in [1.165, 1.54) is 6.08 Å². The van der Waals surface area contributed by atoms with Crippen LogP contribution >= 0.6 is 0 Å². The molecule has 0 aliphatic rings. The van der Waals surface area contributed by atoms with Crippen molar-refractivity contribution >= 4 is 28.3 Å². The number of amides is 1. The van der Waals surface area contributed by atoms with Gasteiger partial charge in [0, 0.05) is 52.5 Å². The van der Waals surface area contributed by atoms with Gasteiger partial charge < -0.3 is 33.4 Å². The molecule has 0 heterocycles. The molecule has 1 amide bonds. The minimum absolute atomic E-state index is 0.0545. The molecule has 9 nitrogen and oxygen atoms in total. The van der Waals surface area contributed by atoms with Gasteiger partial charge >= 0.3 is 5.97 Å². The Morgan fingerprint density at radius 3 is 2.15 bits per heavy atom. The number of hydrogen-bond donors (Lipinski definition) is 1. The fourth-order valence-corrected chi connectivity index (χ4v) is 7.53. The third-order valence-electron chi connectivity index (χ3n) is 10.00. The number of esters is 1. The van der Waals surface area contributed by atoms with Crippen molar-refractivity contribution in [1.29, 1.82) is 0 Å². The average molecular weight is 858 g/mol. The molecule has 0 saturated carbocycles. The van der Waals surface area contributed by atoms with Gasteiger partial charge in [-0.3, -0.25) is 4.79 Å². The van der Waals surface area contributed by atoms with E-state index in [0.29, 0.717) is 19.4 Å². The van der Waals surface area contributed by atoms with Gasteiger partial charge in [-0.05, 0) is 90.1 Å². The Hall–Kier alpha value is -2.91. The van der Waals surface area contributed by atoms with E-state index >= 15 is 0 Å². The van der Waals surface area contributed by atoms with Crippen molar-refractivity contribution in [3.8, 4) is 0 Å². The number of hydrogen-bond acceptors (Lipinski definition) is 8. The van der Waals surface area contributed by atoms with Gasteiger partial charge in [0.1, 0.15) is 25.8 Å². The summed E-state index contributed by atoms with van der Waals surface area (Å²) in [4.78, 5) is 25.2. The highest BCUT2D eigenvalue weighted by Crippen LogP contribution is 2.38. The van der Waals surface area contributed by atoms with Crippen molar-refractivity contribution in [2.75, 3.05) is 27.3 Å². The molecule has 0 aromatic carbocycles. The van der Waals surface area contributed by atoms with Gasteiger partial charge in [0.25, 0.3) is 0 Å². The second-order valence-corrected chi connectivity index (χ2v) is 28.7. The monoisotopic (exact) mass is 858 g/mol. The van der Waals surface area contributed by atoms with E-state index in [4.69, 9.17) is 28.1 Å². The first kappa shape index (κ1) is 56.1. The van der Waals surface area contributed by atoms with Gasteiger partial charge in [-0.25, -0.2) is 4.79 Å². The summed E-state index contributed by atoms with van der Waals surface area (Å²) in [5.74, 6) is -0.664. The molecule has 0 aliphatic carbocycles. The van der Waals surface area contributed by atoms with Crippen LogP contribution in [0.5, 0.6) is 0 Å². The predicted octanol–water partition coefficient (Wildman–Crippen LogP) is 11.9. The van der Waals surface area contributed by atoms with Crippen molar-refractivity contribution in [1.82, 2.24) is 5.32 Å². The molecule has 59 heavy (non-hydrogen) atoms. The van der Waals surface area contributed by atoms with E-state index < -0.39 is 22.5 Å². The van der Waals surface area contributed by atoms with Crippen molar-refractivity contribution < 1.29 is 37.7 Å². The van der Waals surface area contributed by atoms with Crippen LogP contribution < -0.4 is 5.32 Å². The molecule has 0 fully saturated rings. The quantitative estimate of drug-likeness (QED) is 0.0140. The Morgan fingerprint density at radius 1 is 0.864 bits per heavy atom. The molecule has 0 unspecified atom stereocenters. The number of nitrogens with one attached hydrogen (secondary N) is 1. The van der Waals surface area contributed by atoms with Gasteiger partial charge in [-0.1, -0.05) is 107 Å². The first-order valence-corrected chi connectivity index (χ1v) is 27.9. The standard InChI is InChI=1S/C48H83NO8Si2/c1-17-42(54-37-53-31-32-58(12,13)14)26-22-20-24-28-47(51)56-45(41(7)34-40(6)29-30-49-46(50)33-38(3)4)35-39(5)25-21-19-23-27-44(43(18-2)55-36-52-11)57-59(15,16)48(8,9)10/h17-19,21,24-25,28-30,33-34,41-45H,1-2,20,22-23,26-27,31-32,35-37H2,3-16H3,(H,49,50)/b21-19+,28-24+,30-29+,39-25+,40-34+/t41-,42+,43-,44-,45-/m1/s1. The summed E-state index contributed by atoms with van der Waals surface area (Å²) in [5, 5.41) is 2.82. The van der Waals surface area contributed by atoms with E-state index in [2.05, 4.69) is 96.3 Å². The third-order valence-corrected chi connectivity index (χ3v) is 16.2. The van der Waals surface area contributed by atoms with Crippen LogP contribution in [0.4, 0.5) is 0 Å². The molecule has 0 aromatic rings. The van der Waals surface area contributed by atoms with Crippen LogP contribution in [-0.4, -0.2) is 80.0 Å². The SMILES string of the molecule is C=C[C@@H](CCC/C=C/C(=O)O[C@H](C/C(C)=C/C=C/CC[C@@H](O[Si](C)(C)C(C)(C)C)[C@@H](C=C)OCOC)[C@H](C)/C=C(C)/C=C/NC(=O)C=C(C)C)OCOCC[Si](C)(C)C. The molecule has 0 spiro atoms. The number of rotatable bonds is 31. The van der Waals surface area contributed by atoms with E-state index in [0.717, 1.165) is 48.4 Å². The summed E-state index contributed by atoms with van der Waals surface area (Å²) >= 11 is 0. The molecular weight excluding hydrogens is 775 g/mol. The lowest BCUT2D eigenvalue weighted by atomic mass is 9.95. The third kappa shape index (κ3) is 28.3. The number of ether oxygens (including phenoxy) is 5. The maximum atomic E-state index is 13.1. The van der Waals surface area contributed by atoms with E-state index in [1.54, 1.807) is 31.5 Å². The maximum absolute atomic E-state index is 13.1. The molecule has 0 radical (unpaired) electrons. The van der Waals surface area contributed by atoms with Crippen LogP contribution in [-0.2, 0) is 37.7 Å². The number of allylic oxidation sites excluding steroid dienone is 7. The van der Waals surface area contributed by atoms with E-state index in [9.17, 15) is 9.59 Å². The first-order valence-electron chi connectivity index (χ1n) is 21.3. The molecule has 5 atom stereocenters. The highest BCUT2D eigenvalue weighted by molar-refractivity contribution is 6.76. The van der Waals surface area contributed by atoms with Crippen molar-refractivity contribution in [3.05, 3.63) is 96.8 Å². The topological polar surface area (TPSA) is 102 Å². The molecule has 0 saturated heterocycles. The minimum Gasteiger partial charge on any atom is -0.458 e. The lowest BCUT2D eigenvalue weighted by molar-refractivity contribution is -0.144. The largest absolute Gasteiger partial charge is 0.458 e. The van der Waals surface area contributed by atoms with Crippen LogP contribution in [0.1, 0.15) is 93.9 Å². The molecule has 336 valence electrons. The van der Waals surface area contributed by atoms with Gasteiger partial charge in [-0.2, -0.15) is 0 Å². The zero-order chi connectivity index (χ0) is 45.1. The molecule has 0 rings (SSSR count). The first-order chi connectivity index (χ1) is 27.5. The average Bonchev–Trinajstić information content (AvgIpc) is 3.12. The number of methoxy groups -OCH3 is 1. The molecule has 0 aliphatic heterocycles. The lowest BCUT2D eigenvalue weighted by Crippen LogP contribution is -2.47. The number of carbonyl (C=O) groups excluding carboxylic acids is 2. The Kier molecular flexibility index (Phi) is 28.7. The Balaban J connectivity index is 5.76. The van der Waals surface area contributed by atoms with E-state index in [1.807, 2.05) is 46.8 Å². The van der Waals surface area contributed by atoms with E-state index in [-0.39, 0.29) is 54.7 Å². The molecule has 1 N–H and O–H groups in total. The fourth-order valence-electron chi connectivity index (χ4n) is 5.41. The fraction of sp³-hybridized carbons (Fsp3) is 0.625. The summed E-state index contributed by atoms with van der Waals surface area (Å²) in [6, 6.07) is 1.10. The summed E-state index contributed by atoms with van der Waals surface area (Å²) in [6.07, 6.45) is 23.8.